The number of carboxylic acid groups (broad SMARTS) is 1. The summed E-state index contributed by atoms with van der Waals surface area (Å²) in [5.74, 6) is -0.563. The molecule has 21 heavy (non-hydrogen) atoms. The van der Waals surface area contributed by atoms with E-state index in [1.54, 1.807) is 20.0 Å². The van der Waals surface area contributed by atoms with E-state index in [9.17, 15) is 14.9 Å². The van der Waals surface area contributed by atoms with Gasteiger partial charge in [-0.1, -0.05) is 6.07 Å². The zero-order valence-corrected chi connectivity index (χ0v) is 13.3. The standard InChI is InChI=1S/C13H17BrN2O5/c1-13(15-2,12(17)18)7-4-8-21-10-6-3-5-9(11(10)14)16(19)20/h3,5-6,15H,4,7-8H2,1-2H3,(H,17,18). The quantitative estimate of drug-likeness (QED) is 0.419. The van der Waals surface area contributed by atoms with Crippen LogP contribution in [0.25, 0.3) is 0 Å². The van der Waals surface area contributed by atoms with Crippen LogP contribution in [0, 0.1) is 10.1 Å². The van der Waals surface area contributed by atoms with E-state index in [2.05, 4.69) is 21.2 Å². The maximum atomic E-state index is 11.1. The molecule has 0 saturated carbocycles. The minimum absolute atomic E-state index is 0.0712. The fraction of sp³-hybridized carbons (Fsp3) is 0.462. The summed E-state index contributed by atoms with van der Waals surface area (Å²) < 4.78 is 5.76. The molecule has 1 unspecified atom stereocenters. The summed E-state index contributed by atoms with van der Waals surface area (Å²) in [5.41, 5.74) is -1.08. The number of nitrogens with zero attached hydrogens (tertiary/aromatic N) is 1. The Kier molecular flexibility index (Phi) is 6.10. The number of carbonyl (C=O) groups is 1. The number of nitro benzene ring substituents is 1. The minimum atomic E-state index is -1.01. The number of nitrogens with one attached hydrogen (secondary N) is 1. The van der Waals surface area contributed by atoms with Crippen molar-refractivity contribution >= 4 is 27.6 Å². The van der Waals surface area contributed by atoms with Crippen molar-refractivity contribution in [3.63, 3.8) is 0 Å². The first-order valence-electron chi connectivity index (χ1n) is 6.30. The van der Waals surface area contributed by atoms with Crippen LogP contribution in [0.5, 0.6) is 5.75 Å². The molecule has 0 fully saturated rings. The van der Waals surface area contributed by atoms with Gasteiger partial charge in [0.1, 0.15) is 15.8 Å². The van der Waals surface area contributed by atoms with Crippen molar-refractivity contribution in [2.24, 2.45) is 0 Å². The number of ether oxygens (including phenoxy) is 1. The van der Waals surface area contributed by atoms with Crippen LogP contribution < -0.4 is 10.1 Å². The van der Waals surface area contributed by atoms with Gasteiger partial charge in [0.15, 0.2) is 0 Å². The lowest BCUT2D eigenvalue weighted by molar-refractivity contribution is -0.385. The van der Waals surface area contributed by atoms with Crippen LogP contribution >= 0.6 is 15.9 Å². The molecule has 0 saturated heterocycles. The summed E-state index contributed by atoms with van der Waals surface area (Å²) in [6.07, 6.45) is 0.879. The molecular weight excluding hydrogens is 344 g/mol. The fourth-order valence-corrected chi connectivity index (χ4v) is 2.22. The SMILES string of the molecule is CNC(C)(CCCOc1cccc([N+](=O)[O-])c1Br)C(=O)O. The van der Waals surface area contributed by atoms with Gasteiger partial charge in [0.05, 0.1) is 11.5 Å². The van der Waals surface area contributed by atoms with Gasteiger partial charge in [0.2, 0.25) is 0 Å². The smallest absolute Gasteiger partial charge is 0.323 e. The molecule has 7 nitrogen and oxygen atoms in total. The molecule has 0 radical (unpaired) electrons. The van der Waals surface area contributed by atoms with Crippen molar-refractivity contribution in [1.82, 2.24) is 5.32 Å². The highest BCUT2D eigenvalue weighted by Crippen LogP contribution is 2.33. The lowest BCUT2D eigenvalue weighted by Gasteiger charge is -2.23. The van der Waals surface area contributed by atoms with E-state index in [1.165, 1.54) is 12.1 Å². The average molecular weight is 361 g/mol. The Bertz CT molecular complexity index is 537. The molecule has 0 spiro atoms. The zero-order valence-electron chi connectivity index (χ0n) is 11.8. The van der Waals surface area contributed by atoms with Crippen LogP contribution in [-0.2, 0) is 4.79 Å². The normalized spacial score (nSPS) is 13.5. The van der Waals surface area contributed by atoms with Gasteiger partial charge in [-0.15, -0.1) is 0 Å². The van der Waals surface area contributed by atoms with Crippen LogP contribution in [0.3, 0.4) is 0 Å². The number of nitro groups is 1. The number of likely N-dealkylation sites (N-methyl/N-ethyl adjacent to an activating group) is 1. The predicted octanol–water partition coefficient (Wildman–Crippen LogP) is 2.58. The van der Waals surface area contributed by atoms with Gasteiger partial charge < -0.3 is 15.2 Å². The number of aliphatic carboxylic acids is 1. The van der Waals surface area contributed by atoms with Gasteiger partial charge in [0, 0.05) is 6.07 Å². The van der Waals surface area contributed by atoms with Crippen molar-refractivity contribution in [2.45, 2.75) is 25.3 Å². The molecule has 1 atom stereocenters. The van der Waals surface area contributed by atoms with Gasteiger partial charge >= 0.3 is 5.97 Å². The Balaban J connectivity index is 2.60. The molecule has 1 rings (SSSR count). The van der Waals surface area contributed by atoms with Crippen LogP contribution in [0.1, 0.15) is 19.8 Å². The van der Waals surface area contributed by atoms with E-state index in [1.807, 2.05) is 0 Å². The van der Waals surface area contributed by atoms with E-state index in [0.29, 0.717) is 18.6 Å². The number of rotatable bonds is 8. The van der Waals surface area contributed by atoms with Crippen LogP contribution in [0.4, 0.5) is 5.69 Å². The van der Waals surface area contributed by atoms with Crippen LogP contribution in [0.2, 0.25) is 0 Å². The van der Waals surface area contributed by atoms with E-state index < -0.39 is 16.4 Å². The fourth-order valence-electron chi connectivity index (χ4n) is 1.70. The lowest BCUT2D eigenvalue weighted by atomic mass is 9.96. The molecule has 0 bridgehead atoms. The molecule has 116 valence electrons. The van der Waals surface area contributed by atoms with Crippen molar-refractivity contribution in [2.75, 3.05) is 13.7 Å². The minimum Gasteiger partial charge on any atom is -0.492 e. The van der Waals surface area contributed by atoms with Crippen molar-refractivity contribution in [3.05, 3.63) is 32.8 Å². The van der Waals surface area contributed by atoms with E-state index in [0.717, 1.165) is 0 Å². The summed E-state index contributed by atoms with van der Waals surface area (Å²) in [6, 6.07) is 4.53. The van der Waals surface area contributed by atoms with Gasteiger partial charge in [-0.05, 0) is 48.8 Å². The van der Waals surface area contributed by atoms with E-state index in [-0.39, 0.29) is 16.8 Å². The molecule has 0 heterocycles. The first kappa shape index (κ1) is 17.4. The molecule has 0 aliphatic rings. The Morgan fingerprint density at radius 1 is 1.57 bits per heavy atom. The molecular formula is C13H17BrN2O5. The highest BCUT2D eigenvalue weighted by atomic mass is 79.9. The highest BCUT2D eigenvalue weighted by Gasteiger charge is 2.30. The second-order valence-electron chi connectivity index (χ2n) is 4.69. The Labute approximate surface area is 130 Å². The molecule has 1 aromatic rings. The van der Waals surface area contributed by atoms with E-state index >= 15 is 0 Å². The zero-order chi connectivity index (χ0) is 16.0. The highest BCUT2D eigenvalue weighted by molar-refractivity contribution is 9.10. The average Bonchev–Trinajstić information content (AvgIpc) is 2.44. The number of hydrogen-bond acceptors (Lipinski definition) is 5. The van der Waals surface area contributed by atoms with Gasteiger partial charge in [-0.3, -0.25) is 14.9 Å². The van der Waals surface area contributed by atoms with Gasteiger partial charge in [-0.2, -0.15) is 0 Å². The predicted molar refractivity (Wildman–Crippen MR) is 80.6 cm³/mol. The maximum absolute atomic E-state index is 11.1. The number of carboxylic acids is 1. The monoisotopic (exact) mass is 360 g/mol. The Morgan fingerprint density at radius 3 is 2.76 bits per heavy atom. The van der Waals surface area contributed by atoms with E-state index in [4.69, 9.17) is 9.84 Å². The number of hydrogen-bond donors (Lipinski definition) is 2. The second kappa shape index (κ2) is 7.37. The molecule has 8 heteroatoms. The molecule has 2 N–H and O–H groups in total. The topological polar surface area (TPSA) is 102 Å². The van der Waals surface area contributed by atoms with Crippen molar-refractivity contribution in [1.29, 1.82) is 0 Å². The summed E-state index contributed by atoms with van der Waals surface area (Å²) >= 11 is 3.14. The molecule has 1 aromatic carbocycles. The number of benzene rings is 1. The first-order valence-corrected chi connectivity index (χ1v) is 7.09. The third-order valence-corrected chi connectivity index (χ3v) is 4.04. The summed E-state index contributed by atoms with van der Waals surface area (Å²) in [4.78, 5) is 21.4. The third-order valence-electron chi connectivity index (χ3n) is 3.24. The number of halogens is 1. The Morgan fingerprint density at radius 2 is 2.24 bits per heavy atom. The van der Waals surface area contributed by atoms with Crippen molar-refractivity contribution < 1.29 is 19.6 Å². The third kappa shape index (κ3) is 4.40. The molecule has 0 amide bonds. The lowest BCUT2D eigenvalue weighted by Crippen LogP contribution is -2.47. The summed E-state index contributed by atoms with van der Waals surface area (Å²) in [6.45, 7) is 1.86. The molecule has 0 aliphatic carbocycles. The maximum Gasteiger partial charge on any atom is 0.323 e. The molecule has 0 aromatic heterocycles. The second-order valence-corrected chi connectivity index (χ2v) is 5.48. The van der Waals surface area contributed by atoms with Gasteiger partial charge in [0.25, 0.3) is 5.69 Å². The van der Waals surface area contributed by atoms with Crippen LogP contribution in [-0.4, -0.2) is 35.2 Å². The molecule has 0 aliphatic heterocycles. The van der Waals surface area contributed by atoms with Crippen molar-refractivity contribution in [3.8, 4) is 5.75 Å². The summed E-state index contributed by atoms with van der Waals surface area (Å²) in [7, 11) is 1.59. The largest absolute Gasteiger partial charge is 0.492 e. The van der Waals surface area contributed by atoms with Crippen LogP contribution in [0.15, 0.2) is 22.7 Å². The first-order chi connectivity index (χ1) is 9.81. The summed E-state index contributed by atoms with van der Waals surface area (Å²) in [5, 5.41) is 22.7. The Hall–Kier alpha value is -1.67. The van der Waals surface area contributed by atoms with Gasteiger partial charge in [-0.25, -0.2) is 0 Å².